The lowest BCUT2D eigenvalue weighted by atomic mass is 9.72. The number of benzene rings is 3. The number of hydrogen-bond donors (Lipinski definition) is 0. The summed E-state index contributed by atoms with van der Waals surface area (Å²) in [5.41, 5.74) is 0.842. The van der Waals surface area contributed by atoms with Crippen LogP contribution in [0.5, 0.6) is 0 Å². The normalized spacial score (nSPS) is 18.6. The maximum absolute atomic E-state index is 13.8. The van der Waals surface area contributed by atoms with E-state index in [-0.39, 0.29) is 12.3 Å². The van der Waals surface area contributed by atoms with Crippen LogP contribution in [-0.2, 0) is 16.4 Å². The summed E-state index contributed by atoms with van der Waals surface area (Å²) in [7, 11) is 0. The number of anilines is 2. The Morgan fingerprint density at radius 1 is 0.897 bits per heavy atom. The van der Waals surface area contributed by atoms with Gasteiger partial charge in [-0.05, 0) is 47.9 Å². The zero-order valence-electron chi connectivity index (χ0n) is 15.5. The Morgan fingerprint density at radius 2 is 1.52 bits per heavy atom. The first kappa shape index (κ1) is 19.0. The molecule has 4 rings (SSSR count). The van der Waals surface area contributed by atoms with Crippen LogP contribution in [0.15, 0.2) is 91.5 Å². The van der Waals surface area contributed by atoms with Crippen LogP contribution in [0.1, 0.15) is 23.1 Å². The van der Waals surface area contributed by atoms with Crippen LogP contribution >= 0.6 is 0 Å². The topological polar surface area (TPSA) is 20.3 Å². The zero-order valence-corrected chi connectivity index (χ0v) is 15.5. The number of halogens is 3. The molecule has 0 bridgehead atoms. The van der Waals surface area contributed by atoms with Gasteiger partial charge in [-0.2, -0.15) is 13.2 Å². The fraction of sp³-hybridized carbons (Fsp3) is 0.125. The largest absolute Gasteiger partial charge is 0.416 e. The van der Waals surface area contributed by atoms with E-state index in [9.17, 15) is 18.0 Å². The molecule has 1 heterocycles. The van der Waals surface area contributed by atoms with Crippen LogP contribution in [0, 0.1) is 0 Å². The van der Waals surface area contributed by atoms with Crippen molar-refractivity contribution in [3.63, 3.8) is 0 Å². The van der Waals surface area contributed by atoms with E-state index in [1.165, 1.54) is 12.1 Å². The number of allylic oxidation sites excluding steroid dienone is 1. The summed E-state index contributed by atoms with van der Waals surface area (Å²) in [5.74, 6) is -0.204. The molecule has 146 valence electrons. The third kappa shape index (κ3) is 2.94. The minimum atomic E-state index is -4.43. The fourth-order valence-corrected chi connectivity index (χ4v) is 4.03. The molecule has 0 N–H and O–H groups in total. The highest BCUT2D eigenvalue weighted by molar-refractivity contribution is 6.15. The summed E-state index contributed by atoms with van der Waals surface area (Å²) in [6.07, 6.45) is -2.52. The van der Waals surface area contributed by atoms with Gasteiger partial charge >= 0.3 is 6.18 Å². The van der Waals surface area contributed by atoms with Crippen LogP contribution < -0.4 is 4.90 Å². The van der Waals surface area contributed by atoms with Gasteiger partial charge in [0.15, 0.2) is 0 Å². The summed E-state index contributed by atoms with van der Waals surface area (Å²) in [6, 6.07) is 21.5. The molecular formula is C24H18F3NO. The second kappa shape index (κ2) is 6.92. The molecule has 0 spiro atoms. The van der Waals surface area contributed by atoms with E-state index in [1.807, 2.05) is 54.6 Å². The van der Waals surface area contributed by atoms with Gasteiger partial charge in [-0.1, -0.05) is 54.6 Å². The Morgan fingerprint density at radius 3 is 2.14 bits per heavy atom. The molecule has 1 amide bonds. The maximum Gasteiger partial charge on any atom is 0.416 e. The summed E-state index contributed by atoms with van der Waals surface area (Å²) in [6.45, 7) is 3.81. The van der Waals surface area contributed by atoms with Gasteiger partial charge < -0.3 is 0 Å². The molecule has 29 heavy (non-hydrogen) atoms. The summed E-state index contributed by atoms with van der Waals surface area (Å²) in [4.78, 5) is 15.4. The number of hydrogen-bond acceptors (Lipinski definition) is 1. The first-order valence-electron chi connectivity index (χ1n) is 9.17. The van der Waals surface area contributed by atoms with E-state index in [1.54, 1.807) is 11.0 Å². The minimum absolute atomic E-state index is 0.204. The van der Waals surface area contributed by atoms with E-state index >= 15 is 0 Å². The van der Waals surface area contributed by atoms with Crippen LogP contribution in [0.4, 0.5) is 24.5 Å². The average Bonchev–Trinajstić information content (AvgIpc) is 2.97. The van der Waals surface area contributed by atoms with Gasteiger partial charge in [0.25, 0.3) is 0 Å². The highest BCUT2D eigenvalue weighted by Gasteiger charge is 2.51. The molecule has 3 aromatic carbocycles. The Kier molecular flexibility index (Phi) is 4.53. The number of rotatable bonds is 4. The predicted octanol–water partition coefficient (Wildman–Crippen LogP) is 6.25. The quantitative estimate of drug-likeness (QED) is 0.480. The molecule has 0 aliphatic carbocycles. The third-order valence-electron chi connectivity index (χ3n) is 5.34. The van der Waals surface area contributed by atoms with Crippen molar-refractivity contribution in [1.82, 2.24) is 0 Å². The standard InChI is InChI=1S/C24H18F3NO/c1-2-16-23(17-12-14-18(15-13-17)24(25,26)27)20-10-6-7-11-21(20)28(22(23)29)19-8-4-3-5-9-19/h2-15H,1,16H2/t23-/m0/s1. The van der Waals surface area contributed by atoms with Crippen molar-refractivity contribution in [3.8, 4) is 0 Å². The Bertz CT molecular complexity index is 1060. The second-order valence-electron chi connectivity index (χ2n) is 6.97. The number of alkyl halides is 3. The van der Waals surface area contributed by atoms with Crippen molar-refractivity contribution >= 4 is 17.3 Å². The third-order valence-corrected chi connectivity index (χ3v) is 5.34. The van der Waals surface area contributed by atoms with Crippen LogP contribution in [0.3, 0.4) is 0 Å². The van der Waals surface area contributed by atoms with Crippen LogP contribution in [0.25, 0.3) is 0 Å². The van der Waals surface area contributed by atoms with Crippen molar-refractivity contribution in [1.29, 1.82) is 0 Å². The summed E-state index contributed by atoms with van der Waals surface area (Å²) >= 11 is 0. The van der Waals surface area contributed by atoms with Gasteiger partial charge in [-0.15, -0.1) is 6.58 Å². The van der Waals surface area contributed by atoms with E-state index in [0.29, 0.717) is 11.3 Å². The monoisotopic (exact) mass is 393 g/mol. The Balaban J connectivity index is 1.93. The van der Waals surface area contributed by atoms with Crippen LogP contribution in [-0.4, -0.2) is 5.91 Å². The SMILES string of the molecule is C=CC[C@@]1(c2ccc(C(F)(F)F)cc2)C(=O)N(c2ccccc2)c2ccccc21. The number of para-hydroxylation sites is 2. The molecule has 0 saturated carbocycles. The molecule has 0 radical (unpaired) electrons. The molecule has 0 saturated heterocycles. The van der Waals surface area contributed by atoms with E-state index in [4.69, 9.17) is 0 Å². The van der Waals surface area contributed by atoms with Crippen LogP contribution in [0.2, 0.25) is 0 Å². The van der Waals surface area contributed by atoms with Crippen molar-refractivity contribution in [3.05, 3.63) is 108 Å². The van der Waals surface area contributed by atoms with E-state index in [0.717, 1.165) is 23.4 Å². The summed E-state index contributed by atoms with van der Waals surface area (Å²) in [5, 5.41) is 0. The molecule has 0 unspecified atom stereocenters. The lowest BCUT2D eigenvalue weighted by molar-refractivity contribution is -0.137. The Labute approximate surface area is 166 Å². The summed E-state index contributed by atoms with van der Waals surface area (Å²) < 4.78 is 39.1. The number of fused-ring (bicyclic) bond motifs is 1. The number of amides is 1. The molecule has 5 heteroatoms. The number of carbonyl (C=O) groups excluding carboxylic acids is 1. The van der Waals surface area contributed by atoms with Crippen molar-refractivity contribution in [2.75, 3.05) is 4.90 Å². The second-order valence-corrected chi connectivity index (χ2v) is 6.97. The number of nitrogens with zero attached hydrogens (tertiary/aromatic N) is 1. The van der Waals surface area contributed by atoms with Gasteiger partial charge in [0, 0.05) is 5.69 Å². The molecular weight excluding hydrogens is 375 g/mol. The first-order valence-corrected chi connectivity index (χ1v) is 9.17. The lowest BCUT2D eigenvalue weighted by Gasteiger charge is -2.29. The smallest absolute Gasteiger partial charge is 0.280 e. The zero-order chi connectivity index (χ0) is 20.6. The molecule has 0 aromatic heterocycles. The van der Waals surface area contributed by atoms with Gasteiger partial charge in [0.05, 0.1) is 11.3 Å². The molecule has 0 fully saturated rings. The lowest BCUT2D eigenvalue weighted by Crippen LogP contribution is -2.39. The van der Waals surface area contributed by atoms with E-state index < -0.39 is 17.2 Å². The van der Waals surface area contributed by atoms with Crippen molar-refractivity contribution in [2.45, 2.75) is 18.0 Å². The number of carbonyl (C=O) groups is 1. The molecule has 1 atom stereocenters. The minimum Gasteiger partial charge on any atom is -0.280 e. The predicted molar refractivity (Wildman–Crippen MR) is 107 cm³/mol. The van der Waals surface area contributed by atoms with Gasteiger partial charge in [-0.25, -0.2) is 0 Å². The molecule has 1 aliphatic rings. The maximum atomic E-state index is 13.8. The van der Waals surface area contributed by atoms with Crippen molar-refractivity contribution in [2.24, 2.45) is 0 Å². The van der Waals surface area contributed by atoms with Gasteiger partial charge in [0.1, 0.15) is 5.41 Å². The average molecular weight is 393 g/mol. The fourth-order valence-electron chi connectivity index (χ4n) is 4.03. The van der Waals surface area contributed by atoms with Crippen molar-refractivity contribution < 1.29 is 18.0 Å². The first-order chi connectivity index (χ1) is 13.9. The van der Waals surface area contributed by atoms with E-state index in [2.05, 4.69) is 6.58 Å². The Hall–Kier alpha value is -3.34. The highest BCUT2D eigenvalue weighted by atomic mass is 19.4. The van der Waals surface area contributed by atoms with Gasteiger partial charge in [-0.3, -0.25) is 9.69 Å². The molecule has 2 nitrogen and oxygen atoms in total. The van der Waals surface area contributed by atoms with Gasteiger partial charge in [0.2, 0.25) is 5.91 Å². The highest BCUT2D eigenvalue weighted by Crippen LogP contribution is 2.51. The molecule has 1 aliphatic heterocycles. The molecule has 3 aromatic rings.